The van der Waals surface area contributed by atoms with Crippen molar-refractivity contribution in [2.24, 2.45) is 5.16 Å². The predicted molar refractivity (Wildman–Crippen MR) is 72.9 cm³/mol. The van der Waals surface area contributed by atoms with Gasteiger partial charge in [-0.15, -0.1) is 0 Å². The zero-order valence-electron chi connectivity index (χ0n) is 10.7. The molecule has 1 aromatic rings. The topological polar surface area (TPSA) is 56.1 Å². The zero-order chi connectivity index (χ0) is 13.2. The second kappa shape index (κ2) is 4.91. The molecule has 19 heavy (non-hydrogen) atoms. The zero-order valence-corrected chi connectivity index (χ0v) is 10.7. The minimum absolute atomic E-state index is 0.0712. The van der Waals surface area contributed by atoms with Crippen LogP contribution >= 0.6 is 0 Å². The van der Waals surface area contributed by atoms with E-state index >= 15 is 0 Å². The van der Waals surface area contributed by atoms with Gasteiger partial charge >= 0.3 is 6.03 Å². The number of rotatable bonds is 0. The number of fused-ring (bicyclic) bond motifs is 1. The lowest BCUT2D eigenvalue weighted by Gasteiger charge is -2.32. The molecule has 0 bridgehead atoms. The average Bonchev–Trinajstić information content (AvgIpc) is 2.99. The highest BCUT2D eigenvalue weighted by atomic mass is 16.4. The van der Waals surface area contributed by atoms with Crippen LogP contribution in [0, 0.1) is 0 Å². The summed E-state index contributed by atoms with van der Waals surface area (Å²) in [7, 11) is 0. The van der Waals surface area contributed by atoms with Crippen LogP contribution in [0.15, 0.2) is 29.4 Å². The van der Waals surface area contributed by atoms with Crippen LogP contribution in [0.3, 0.4) is 0 Å². The summed E-state index contributed by atoms with van der Waals surface area (Å²) in [4.78, 5) is 16.2. The highest BCUT2D eigenvalue weighted by Crippen LogP contribution is 2.28. The standard InChI is InChI=1S/C14H17N3O2/c18-14(16-8-3-4-9-16)17-10-7-12(15-19)11-5-1-2-6-13(11)17/h1-2,5-6,19H,3-4,7-10H2. The van der Waals surface area contributed by atoms with Gasteiger partial charge in [-0.2, -0.15) is 0 Å². The smallest absolute Gasteiger partial charge is 0.324 e. The molecule has 2 heterocycles. The van der Waals surface area contributed by atoms with Gasteiger partial charge in [0.15, 0.2) is 0 Å². The third-order valence-electron chi connectivity index (χ3n) is 3.81. The Balaban J connectivity index is 1.93. The van der Waals surface area contributed by atoms with Crippen molar-refractivity contribution in [1.29, 1.82) is 0 Å². The third-order valence-corrected chi connectivity index (χ3v) is 3.81. The van der Waals surface area contributed by atoms with E-state index in [1.807, 2.05) is 29.2 Å². The summed E-state index contributed by atoms with van der Waals surface area (Å²) in [6.07, 6.45) is 2.77. The highest BCUT2D eigenvalue weighted by molar-refractivity contribution is 6.10. The monoisotopic (exact) mass is 259 g/mol. The summed E-state index contributed by atoms with van der Waals surface area (Å²) in [5.41, 5.74) is 2.35. The van der Waals surface area contributed by atoms with Crippen LogP contribution in [0.5, 0.6) is 0 Å². The van der Waals surface area contributed by atoms with Crippen molar-refractivity contribution in [3.8, 4) is 0 Å². The molecule has 100 valence electrons. The van der Waals surface area contributed by atoms with Crippen LogP contribution in [0.2, 0.25) is 0 Å². The van der Waals surface area contributed by atoms with E-state index in [0.717, 1.165) is 37.2 Å². The van der Waals surface area contributed by atoms with E-state index in [1.54, 1.807) is 4.90 Å². The Kier molecular flexibility index (Phi) is 3.11. The fourth-order valence-electron chi connectivity index (χ4n) is 2.81. The molecule has 2 aliphatic heterocycles. The Hall–Kier alpha value is -2.04. The van der Waals surface area contributed by atoms with E-state index in [9.17, 15) is 4.79 Å². The Bertz CT molecular complexity index is 521. The lowest BCUT2D eigenvalue weighted by molar-refractivity contribution is 0.215. The molecule has 0 spiro atoms. The molecule has 0 saturated carbocycles. The molecule has 5 heteroatoms. The van der Waals surface area contributed by atoms with Gasteiger partial charge in [0, 0.05) is 31.6 Å². The predicted octanol–water partition coefficient (Wildman–Crippen LogP) is 2.29. The van der Waals surface area contributed by atoms with E-state index in [-0.39, 0.29) is 6.03 Å². The van der Waals surface area contributed by atoms with Crippen LogP contribution < -0.4 is 4.90 Å². The van der Waals surface area contributed by atoms with Gasteiger partial charge in [0.05, 0.1) is 11.4 Å². The first-order chi connectivity index (χ1) is 9.31. The number of hydrogen-bond donors (Lipinski definition) is 1. The van der Waals surface area contributed by atoms with Crippen molar-refractivity contribution in [2.45, 2.75) is 19.3 Å². The SMILES string of the molecule is O=C(N1CCCC1)N1CCC(=NO)c2ccccc21. The number of hydrogen-bond acceptors (Lipinski definition) is 3. The number of urea groups is 1. The quantitative estimate of drug-likeness (QED) is 0.574. The Labute approximate surface area is 112 Å². The van der Waals surface area contributed by atoms with Gasteiger partial charge in [0.2, 0.25) is 0 Å². The summed E-state index contributed by atoms with van der Waals surface area (Å²) in [5.74, 6) is 0. The van der Waals surface area contributed by atoms with Gasteiger partial charge in [-0.05, 0) is 18.9 Å². The van der Waals surface area contributed by atoms with E-state index in [0.29, 0.717) is 18.7 Å². The maximum atomic E-state index is 12.5. The first-order valence-corrected chi connectivity index (χ1v) is 6.68. The van der Waals surface area contributed by atoms with E-state index in [2.05, 4.69) is 5.16 Å². The molecule has 0 radical (unpaired) electrons. The molecule has 1 N–H and O–H groups in total. The highest BCUT2D eigenvalue weighted by Gasteiger charge is 2.30. The van der Waals surface area contributed by atoms with E-state index < -0.39 is 0 Å². The second-order valence-electron chi connectivity index (χ2n) is 4.94. The molecule has 0 unspecified atom stereocenters. The summed E-state index contributed by atoms with van der Waals surface area (Å²) >= 11 is 0. The maximum absolute atomic E-state index is 12.5. The van der Waals surface area contributed by atoms with Crippen molar-refractivity contribution in [3.05, 3.63) is 29.8 Å². The lowest BCUT2D eigenvalue weighted by atomic mass is 10.00. The minimum atomic E-state index is 0.0712. The van der Waals surface area contributed by atoms with E-state index in [4.69, 9.17) is 5.21 Å². The van der Waals surface area contributed by atoms with Crippen LogP contribution in [-0.2, 0) is 0 Å². The summed E-state index contributed by atoms with van der Waals surface area (Å²) in [6.45, 7) is 2.27. The Morgan fingerprint density at radius 1 is 1.16 bits per heavy atom. The van der Waals surface area contributed by atoms with Crippen molar-refractivity contribution < 1.29 is 10.0 Å². The fraction of sp³-hybridized carbons (Fsp3) is 0.429. The number of carbonyl (C=O) groups excluding carboxylic acids is 1. The first kappa shape index (κ1) is 12.0. The van der Waals surface area contributed by atoms with Crippen molar-refractivity contribution in [3.63, 3.8) is 0 Å². The molecule has 1 saturated heterocycles. The second-order valence-corrected chi connectivity index (χ2v) is 4.94. The third kappa shape index (κ3) is 2.05. The lowest BCUT2D eigenvalue weighted by Crippen LogP contribution is -2.45. The molecular weight excluding hydrogens is 242 g/mol. The van der Waals surface area contributed by atoms with Crippen LogP contribution in [0.1, 0.15) is 24.8 Å². The van der Waals surface area contributed by atoms with Crippen molar-refractivity contribution >= 4 is 17.4 Å². The summed E-state index contributed by atoms with van der Waals surface area (Å²) < 4.78 is 0. The van der Waals surface area contributed by atoms with Crippen molar-refractivity contribution in [1.82, 2.24) is 4.90 Å². The average molecular weight is 259 g/mol. The molecule has 5 nitrogen and oxygen atoms in total. The number of likely N-dealkylation sites (tertiary alicyclic amines) is 1. The number of nitrogens with zero attached hydrogens (tertiary/aromatic N) is 3. The minimum Gasteiger partial charge on any atom is -0.411 e. The van der Waals surface area contributed by atoms with E-state index in [1.165, 1.54) is 0 Å². The number of carbonyl (C=O) groups is 1. The molecule has 0 aromatic heterocycles. The molecule has 0 atom stereocenters. The number of oxime groups is 1. The van der Waals surface area contributed by atoms with Crippen LogP contribution in [-0.4, -0.2) is 41.5 Å². The fourth-order valence-corrected chi connectivity index (χ4v) is 2.81. The van der Waals surface area contributed by atoms with Gasteiger partial charge in [0.1, 0.15) is 0 Å². The summed E-state index contributed by atoms with van der Waals surface area (Å²) in [5, 5.41) is 12.4. The van der Waals surface area contributed by atoms with Gasteiger partial charge < -0.3 is 10.1 Å². The number of para-hydroxylation sites is 1. The molecule has 2 aliphatic rings. The number of benzene rings is 1. The van der Waals surface area contributed by atoms with Gasteiger partial charge in [-0.25, -0.2) is 4.79 Å². The van der Waals surface area contributed by atoms with Crippen molar-refractivity contribution in [2.75, 3.05) is 24.5 Å². The molecule has 1 aromatic carbocycles. The normalized spacial score (nSPS) is 20.7. The van der Waals surface area contributed by atoms with Gasteiger partial charge in [-0.1, -0.05) is 23.4 Å². The molecule has 0 aliphatic carbocycles. The largest absolute Gasteiger partial charge is 0.411 e. The summed E-state index contributed by atoms with van der Waals surface area (Å²) in [6, 6.07) is 7.68. The number of anilines is 1. The molecular formula is C14H17N3O2. The van der Waals surface area contributed by atoms with Crippen LogP contribution in [0.4, 0.5) is 10.5 Å². The molecule has 3 rings (SSSR count). The Morgan fingerprint density at radius 2 is 1.89 bits per heavy atom. The molecule has 2 amide bonds. The molecule has 1 fully saturated rings. The Morgan fingerprint density at radius 3 is 2.63 bits per heavy atom. The maximum Gasteiger partial charge on any atom is 0.324 e. The van der Waals surface area contributed by atoms with Gasteiger partial charge in [-0.3, -0.25) is 4.90 Å². The van der Waals surface area contributed by atoms with Crippen LogP contribution in [0.25, 0.3) is 0 Å². The van der Waals surface area contributed by atoms with Gasteiger partial charge in [0.25, 0.3) is 0 Å². The first-order valence-electron chi connectivity index (χ1n) is 6.68. The number of amides is 2.